The van der Waals surface area contributed by atoms with Gasteiger partial charge < -0.3 is 9.55 Å². The zero-order valence-corrected chi connectivity index (χ0v) is 13.4. The molecule has 0 aliphatic heterocycles. The maximum Gasteiger partial charge on any atom is 0.177 e. The van der Waals surface area contributed by atoms with Crippen LogP contribution in [0.5, 0.6) is 0 Å². The molecule has 3 aromatic rings. The van der Waals surface area contributed by atoms with E-state index in [9.17, 15) is 0 Å². The van der Waals surface area contributed by atoms with Gasteiger partial charge in [0.25, 0.3) is 0 Å². The van der Waals surface area contributed by atoms with Gasteiger partial charge in [-0.15, -0.1) is 0 Å². The van der Waals surface area contributed by atoms with Crippen molar-refractivity contribution >= 4 is 11.2 Å². The number of benzene rings is 1. The Morgan fingerprint density at radius 3 is 2.83 bits per heavy atom. The second-order valence-corrected chi connectivity index (χ2v) is 6.16. The first kappa shape index (κ1) is 14.2. The van der Waals surface area contributed by atoms with E-state index in [1.54, 1.807) is 0 Å². The zero-order valence-electron chi connectivity index (χ0n) is 13.4. The van der Waals surface area contributed by atoms with Gasteiger partial charge in [-0.25, -0.2) is 9.97 Å². The molecule has 0 unspecified atom stereocenters. The van der Waals surface area contributed by atoms with Gasteiger partial charge in [0.1, 0.15) is 11.3 Å². The Bertz CT molecular complexity index is 871. The highest BCUT2D eigenvalue weighted by molar-refractivity contribution is 5.69. The van der Waals surface area contributed by atoms with E-state index >= 15 is 0 Å². The minimum absolute atomic E-state index is 0.597. The largest absolute Gasteiger partial charge is 0.337 e. The maximum absolute atomic E-state index is 4.82. The van der Waals surface area contributed by atoms with Gasteiger partial charge in [-0.05, 0) is 24.8 Å². The van der Waals surface area contributed by atoms with Gasteiger partial charge >= 0.3 is 0 Å². The number of aromatic nitrogens is 4. The van der Waals surface area contributed by atoms with Crippen molar-refractivity contribution in [2.75, 3.05) is 0 Å². The molecule has 1 saturated carbocycles. The topological polar surface area (TPSA) is 58.9 Å². The average molecular weight is 307 g/mol. The van der Waals surface area contributed by atoms with Gasteiger partial charge in [-0.3, -0.25) is 4.99 Å². The number of nitrogens with zero attached hydrogens (tertiary/aromatic N) is 4. The van der Waals surface area contributed by atoms with Crippen LogP contribution < -0.4 is 5.49 Å². The number of aromatic amines is 1. The zero-order chi connectivity index (χ0) is 15.6. The van der Waals surface area contributed by atoms with E-state index in [1.807, 2.05) is 24.5 Å². The summed E-state index contributed by atoms with van der Waals surface area (Å²) >= 11 is 0. The Hall–Kier alpha value is -2.43. The molecule has 1 aliphatic carbocycles. The molecule has 4 rings (SSSR count). The van der Waals surface area contributed by atoms with Crippen LogP contribution in [0, 0.1) is 0 Å². The Labute approximate surface area is 135 Å². The molecule has 0 saturated heterocycles. The molecule has 5 heteroatoms. The first-order valence-corrected chi connectivity index (χ1v) is 8.34. The summed E-state index contributed by atoms with van der Waals surface area (Å²) in [7, 11) is 0. The van der Waals surface area contributed by atoms with Crippen molar-refractivity contribution < 1.29 is 0 Å². The quantitative estimate of drug-likeness (QED) is 0.787. The van der Waals surface area contributed by atoms with E-state index in [-0.39, 0.29) is 0 Å². The van der Waals surface area contributed by atoms with Gasteiger partial charge in [-0.1, -0.05) is 37.3 Å². The Kier molecular flexibility index (Phi) is 3.69. The fourth-order valence-electron chi connectivity index (χ4n) is 2.81. The van der Waals surface area contributed by atoms with E-state index in [0.29, 0.717) is 12.5 Å². The first-order chi connectivity index (χ1) is 11.3. The molecule has 0 radical (unpaired) electrons. The number of H-pyrrole nitrogens is 1. The normalized spacial score (nSPS) is 15.4. The molecule has 0 spiro atoms. The van der Waals surface area contributed by atoms with Crippen LogP contribution in [0.3, 0.4) is 0 Å². The number of imidazole rings is 1. The SMILES string of the molecule is CCCn1cnc(=NCc2ccccc2)c2[nH]c(C3CC3)nc21. The summed E-state index contributed by atoms with van der Waals surface area (Å²) in [4.78, 5) is 17.6. The fourth-order valence-corrected chi connectivity index (χ4v) is 2.81. The molecule has 23 heavy (non-hydrogen) atoms. The molecule has 5 nitrogen and oxygen atoms in total. The third-order valence-electron chi connectivity index (χ3n) is 4.20. The molecule has 1 fully saturated rings. The number of nitrogens with one attached hydrogen (secondary N) is 1. The highest BCUT2D eigenvalue weighted by atomic mass is 15.1. The standard InChI is InChI=1S/C18H21N5/c1-2-10-23-12-20-17(19-11-13-6-4-3-5-7-13)15-18(23)22-16(21-15)14-8-9-14/h3-7,12,14H,2,8-11H2,1H3,(H,21,22). The smallest absolute Gasteiger partial charge is 0.177 e. The summed E-state index contributed by atoms with van der Waals surface area (Å²) in [5.74, 6) is 1.69. The summed E-state index contributed by atoms with van der Waals surface area (Å²) < 4.78 is 2.12. The number of aryl methyl sites for hydroxylation is 1. The van der Waals surface area contributed by atoms with Gasteiger partial charge in [-0.2, -0.15) is 0 Å². The van der Waals surface area contributed by atoms with E-state index in [1.165, 1.54) is 18.4 Å². The Morgan fingerprint density at radius 1 is 1.26 bits per heavy atom. The van der Waals surface area contributed by atoms with Gasteiger partial charge in [0, 0.05) is 12.5 Å². The lowest BCUT2D eigenvalue weighted by Gasteiger charge is -2.04. The number of hydrogen-bond acceptors (Lipinski definition) is 3. The molecule has 0 bridgehead atoms. The van der Waals surface area contributed by atoms with Gasteiger partial charge in [0.2, 0.25) is 0 Å². The van der Waals surface area contributed by atoms with Crippen molar-refractivity contribution in [1.82, 2.24) is 19.5 Å². The van der Waals surface area contributed by atoms with E-state index in [0.717, 1.165) is 35.4 Å². The summed E-state index contributed by atoms with van der Waals surface area (Å²) in [5.41, 5.74) is 3.90. The van der Waals surface area contributed by atoms with Crippen molar-refractivity contribution in [2.24, 2.45) is 4.99 Å². The number of fused-ring (bicyclic) bond motifs is 1. The van der Waals surface area contributed by atoms with Crippen LogP contribution in [0.15, 0.2) is 41.7 Å². The van der Waals surface area contributed by atoms with Crippen LogP contribution in [0.1, 0.15) is 43.5 Å². The summed E-state index contributed by atoms with van der Waals surface area (Å²) in [5, 5.41) is 0. The van der Waals surface area contributed by atoms with Crippen LogP contribution in [0.25, 0.3) is 11.2 Å². The van der Waals surface area contributed by atoms with Crippen LogP contribution in [-0.4, -0.2) is 19.5 Å². The molecule has 0 atom stereocenters. The van der Waals surface area contributed by atoms with Crippen molar-refractivity contribution in [3.63, 3.8) is 0 Å². The second-order valence-electron chi connectivity index (χ2n) is 6.16. The van der Waals surface area contributed by atoms with E-state index in [2.05, 4.69) is 33.6 Å². The number of hydrogen-bond donors (Lipinski definition) is 1. The minimum atomic E-state index is 0.597. The molecule has 2 aromatic heterocycles. The lowest BCUT2D eigenvalue weighted by Crippen LogP contribution is -2.14. The highest BCUT2D eigenvalue weighted by Crippen LogP contribution is 2.38. The third kappa shape index (κ3) is 2.91. The van der Waals surface area contributed by atoms with Crippen LogP contribution in [-0.2, 0) is 13.1 Å². The van der Waals surface area contributed by atoms with Crippen molar-refractivity contribution in [3.8, 4) is 0 Å². The van der Waals surface area contributed by atoms with Crippen LogP contribution >= 0.6 is 0 Å². The highest BCUT2D eigenvalue weighted by Gasteiger charge is 2.27. The average Bonchev–Trinajstić information content (AvgIpc) is 3.34. The molecule has 1 N–H and O–H groups in total. The Balaban J connectivity index is 1.78. The van der Waals surface area contributed by atoms with Crippen LogP contribution in [0.4, 0.5) is 0 Å². The summed E-state index contributed by atoms with van der Waals surface area (Å²) in [6.07, 6.45) is 5.40. The monoisotopic (exact) mass is 307 g/mol. The van der Waals surface area contributed by atoms with Crippen molar-refractivity contribution in [3.05, 3.63) is 53.5 Å². The van der Waals surface area contributed by atoms with Crippen molar-refractivity contribution in [1.29, 1.82) is 0 Å². The predicted octanol–water partition coefficient (Wildman–Crippen LogP) is 3.15. The molecule has 118 valence electrons. The van der Waals surface area contributed by atoms with Crippen LogP contribution in [0.2, 0.25) is 0 Å². The molecule has 0 amide bonds. The van der Waals surface area contributed by atoms with E-state index < -0.39 is 0 Å². The molecule has 2 heterocycles. The lowest BCUT2D eigenvalue weighted by molar-refractivity contribution is 0.675. The lowest BCUT2D eigenvalue weighted by atomic mass is 10.2. The molecule has 1 aliphatic rings. The van der Waals surface area contributed by atoms with Gasteiger partial charge in [0.05, 0.1) is 12.9 Å². The summed E-state index contributed by atoms with van der Waals surface area (Å²) in [6, 6.07) is 10.3. The van der Waals surface area contributed by atoms with E-state index in [4.69, 9.17) is 9.98 Å². The minimum Gasteiger partial charge on any atom is -0.337 e. The predicted molar refractivity (Wildman–Crippen MR) is 89.9 cm³/mol. The van der Waals surface area contributed by atoms with Gasteiger partial charge in [0.15, 0.2) is 11.1 Å². The summed E-state index contributed by atoms with van der Waals surface area (Å²) in [6.45, 7) is 3.73. The first-order valence-electron chi connectivity index (χ1n) is 8.34. The fraction of sp³-hybridized carbons (Fsp3) is 0.389. The Morgan fingerprint density at radius 2 is 2.09 bits per heavy atom. The third-order valence-corrected chi connectivity index (χ3v) is 4.20. The molecular weight excluding hydrogens is 286 g/mol. The second kappa shape index (κ2) is 5.99. The molecule has 1 aromatic carbocycles. The van der Waals surface area contributed by atoms with Crippen molar-refractivity contribution in [2.45, 2.75) is 45.2 Å². The molecular formula is C18H21N5. The maximum atomic E-state index is 4.82. The number of rotatable bonds is 5.